The minimum Gasteiger partial charge on any atom is -0.273 e. The van der Waals surface area contributed by atoms with Gasteiger partial charge < -0.3 is 0 Å². The first kappa shape index (κ1) is 5.35. The second-order valence-corrected chi connectivity index (χ2v) is 1.65. The highest BCUT2D eigenvalue weighted by atomic mass is 15.2. The van der Waals surface area contributed by atoms with Crippen LogP contribution in [0.4, 0.5) is 0 Å². The number of aromatic nitrogens is 2. The van der Waals surface area contributed by atoms with Crippen LogP contribution in [0, 0.1) is 6.92 Å². The van der Waals surface area contributed by atoms with Gasteiger partial charge in [-0.05, 0) is 19.4 Å². The summed E-state index contributed by atoms with van der Waals surface area (Å²) in [6, 6.07) is 1.90. The molecular weight excluding hydrogens is 100 g/mol. The number of hydrogen-bond donors (Lipinski definition) is 0. The van der Waals surface area contributed by atoms with Gasteiger partial charge in [0.2, 0.25) is 0 Å². The van der Waals surface area contributed by atoms with Crippen molar-refractivity contribution in [1.29, 1.82) is 0 Å². The number of hydrogen-bond acceptors (Lipinski definition) is 1. The van der Waals surface area contributed by atoms with Crippen LogP contribution < -0.4 is 0 Å². The van der Waals surface area contributed by atoms with Crippen LogP contribution in [0.3, 0.4) is 0 Å². The van der Waals surface area contributed by atoms with Gasteiger partial charge in [-0.3, -0.25) is 4.68 Å². The zero-order valence-electron chi connectivity index (χ0n) is 4.83. The molecule has 0 aromatic carbocycles. The van der Waals surface area contributed by atoms with Crippen molar-refractivity contribution in [3.8, 4) is 0 Å². The van der Waals surface area contributed by atoms with Gasteiger partial charge in [-0.25, -0.2) is 0 Å². The Labute approximate surface area is 49.1 Å². The number of rotatable bonds is 1. The molecule has 0 spiro atoms. The fourth-order valence-corrected chi connectivity index (χ4v) is 0.602. The van der Waals surface area contributed by atoms with Gasteiger partial charge in [-0.1, -0.05) is 0 Å². The van der Waals surface area contributed by atoms with Crippen molar-refractivity contribution in [1.82, 2.24) is 9.78 Å². The van der Waals surface area contributed by atoms with Gasteiger partial charge in [0.15, 0.2) is 0 Å². The normalized spacial score (nSPS) is 9.75. The lowest BCUT2D eigenvalue weighted by Crippen LogP contribution is -1.94. The third-order valence-corrected chi connectivity index (χ3v) is 1.13. The molecule has 2 heteroatoms. The molecule has 0 aliphatic heterocycles. The van der Waals surface area contributed by atoms with E-state index in [0.717, 1.165) is 5.69 Å². The van der Waals surface area contributed by atoms with Crippen LogP contribution in [0.2, 0.25) is 0 Å². The minimum absolute atomic E-state index is 0.566. The summed E-state index contributed by atoms with van der Waals surface area (Å²) in [7, 11) is 1.88. The molecule has 0 bridgehead atoms. The van der Waals surface area contributed by atoms with Crippen molar-refractivity contribution in [2.24, 2.45) is 7.05 Å². The Morgan fingerprint density at radius 3 is 2.88 bits per heavy atom. The Hall–Kier alpha value is -0.790. The fourth-order valence-electron chi connectivity index (χ4n) is 0.602. The van der Waals surface area contributed by atoms with Crippen molar-refractivity contribution in [2.45, 2.75) is 6.42 Å². The van der Waals surface area contributed by atoms with E-state index in [1.54, 1.807) is 10.9 Å². The molecule has 0 saturated heterocycles. The highest BCUT2D eigenvalue weighted by Gasteiger charge is 1.90. The van der Waals surface area contributed by atoms with Crippen LogP contribution in [0.15, 0.2) is 12.3 Å². The second kappa shape index (κ2) is 1.99. The summed E-state index contributed by atoms with van der Waals surface area (Å²) >= 11 is 0. The highest BCUT2D eigenvalue weighted by Crippen LogP contribution is 1.94. The van der Waals surface area contributed by atoms with E-state index in [-0.39, 0.29) is 0 Å². The molecule has 1 aromatic heterocycles. The Morgan fingerprint density at radius 1 is 1.88 bits per heavy atom. The first-order chi connectivity index (χ1) is 3.84. The number of aryl methyl sites for hydroxylation is 1. The van der Waals surface area contributed by atoms with E-state index >= 15 is 0 Å². The molecule has 0 amide bonds. The van der Waals surface area contributed by atoms with Crippen LogP contribution in [-0.4, -0.2) is 9.78 Å². The maximum Gasteiger partial charge on any atom is 0.0492 e. The second-order valence-electron chi connectivity index (χ2n) is 1.65. The summed E-state index contributed by atoms with van der Waals surface area (Å²) in [6.45, 7) is 5.33. The van der Waals surface area contributed by atoms with E-state index in [1.807, 2.05) is 13.1 Å². The predicted molar refractivity (Wildman–Crippen MR) is 31.2 cm³/mol. The molecule has 1 aromatic rings. The largest absolute Gasteiger partial charge is 0.273 e. The Balaban J connectivity index is 2.92. The topological polar surface area (TPSA) is 17.8 Å². The zero-order chi connectivity index (χ0) is 5.98. The van der Waals surface area contributed by atoms with Gasteiger partial charge in [0.05, 0.1) is 0 Å². The van der Waals surface area contributed by atoms with E-state index in [4.69, 9.17) is 6.92 Å². The first-order valence-electron chi connectivity index (χ1n) is 2.51. The molecule has 2 radical (unpaired) electrons. The maximum absolute atomic E-state index is 5.33. The predicted octanol–water partition coefficient (Wildman–Crippen LogP) is 0.674. The first-order valence-corrected chi connectivity index (χ1v) is 2.51. The molecule has 1 rings (SSSR count). The van der Waals surface area contributed by atoms with Crippen molar-refractivity contribution in [3.63, 3.8) is 0 Å². The molecule has 0 aliphatic carbocycles. The van der Waals surface area contributed by atoms with Crippen molar-refractivity contribution >= 4 is 0 Å². The van der Waals surface area contributed by atoms with Crippen LogP contribution in [-0.2, 0) is 13.5 Å². The monoisotopic (exact) mass is 108 g/mol. The molecule has 1 heterocycles. The quantitative estimate of drug-likeness (QED) is 0.517. The van der Waals surface area contributed by atoms with E-state index in [1.165, 1.54) is 0 Å². The molecule has 2 nitrogen and oxygen atoms in total. The Kier molecular flexibility index (Phi) is 1.33. The van der Waals surface area contributed by atoms with Crippen LogP contribution >= 0.6 is 0 Å². The summed E-state index contributed by atoms with van der Waals surface area (Å²) in [5.41, 5.74) is 1.06. The van der Waals surface area contributed by atoms with Gasteiger partial charge in [-0.2, -0.15) is 5.10 Å². The van der Waals surface area contributed by atoms with Crippen molar-refractivity contribution in [2.75, 3.05) is 0 Å². The molecule has 0 N–H and O–H groups in total. The molecule has 42 valence electrons. The molecule has 8 heavy (non-hydrogen) atoms. The standard InChI is InChI=1S/C6H8N2/c1-3-6-4-5-7-8(6)2/h1,4-5H,3H2,2H3. The maximum atomic E-state index is 5.33. The molecule has 0 atom stereocenters. The molecular formula is C6H8N2. The molecule has 0 saturated carbocycles. The Morgan fingerprint density at radius 2 is 2.62 bits per heavy atom. The molecule has 0 aliphatic rings. The van der Waals surface area contributed by atoms with Gasteiger partial charge in [0.25, 0.3) is 0 Å². The smallest absolute Gasteiger partial charge is 0.0492 e. The van der Waals surface area contributed by atoms with Gasteiger partial charge in [0.1, 0.15) is 0 Å². The average molecular weight is 108 g/mol. The summed E-state index contributed by atoms with van der Waals surface area (Å²) in [5, 5.41) is 3.92. The lowest BCUT2D eigenvalue weighted by Gasteiger charge is -1.92. The van der Waals surface area contributed by atoms with E-state index in [2.05, 4.69) is 5.10 Å². The van der Waals surface area contributed by atoms with E-state index in [0.29, 0.717) is 6.42 Å². The van der Waals surface area contributed by atoms with E-state index < -0.39 is 0 Å². The van der Waals surface area contributed by atoms with Crippen molar-refractivity contribution < 1.29 is 0 Å². The average Bonchev–Trinajstić information content (AvgIpc) is 2.14. The minimum atomic E-state index is 0.566. The fraction of sp³-hybridized carbons (Fsp3) is 0.333. The lowest BCUT2D eigenvalue weighted by atomic mass is 10.3. The summed E-state index contributed by atoms with van der Waals surface area (Å²) in [4.78, 5) is 0. The van der Waals surface area contributed by atoms with Crippen LogP contribution in [0.1, 0.15) is 5.69 Å². The third kappa shape index (κ3) is 0.735. The van der Waals surface area contributed by atoms with Crippen LogP contribution in [0.25, 0.3) is 0 Å². The zero-order valence-corrected chi connectivity index (χ0v) is 4.83. The summed E-state index contributed by atoms with van der Waals surface area (Å²) < 4.78 is 1.76. The molecule has 0 fully saturated rings. The van der Waals surface area contributed by atoms with Gasteiger partial charge >= 0.3 is 0 Å². The third-order valence-electron chi connectivity index (χ3n) is 1.13. The summed E-state index contributed by atoms with van der Waals surface area (Å²) in [5.74, 6) is 0. The SMILES string of the molecule is [CH]Cc1ccnn1C. The Bertz CT molecular complexity index is 167. The van der Waals surface area contributed by atoms with Crippen LogP contribution in [0.5, 0.6) is 0 Å². The van der Waals surface area contributed by atoms with E-state index in [9.17, 15) is 0 Å². The molecule has 0 unspecified atom stereocenters. The summed E-state index contributed by atoms with van der Waals surface area (Å²) in [6.07, 6.45) is 2.30. The number of nitrogens with zero attached hydrogens (tertiary/aromatic N) is 2. The lowest BCUT2D eigenvalue weighted by molar-refractivity contribution is 0.727. The van der Waals surface area contributed by atoms with Gasteiger partial charge in [-0.15, -0.1) is 0 Å². The van der Waals surface area contributed by atoms with Gasteiger partial charge in [0, 0.05) is 18.9 Å². The van der Waals surface area contributed by atoms with Crippen molar-refractivity contribution in [3.05, 3.63) is 24.9 Å². The highest BCUT2D eigenvalue weighted by molar-refractivity contribution is 5.00.